The van der Waals surface area contributed by atoms with Crippen LogP contribution in [0.5, 0.6) is 5.75 Å². The number of hydrogen-bond donors (Lipinski definition) is 1. The van der Waals surface area contributed by atoms with E-state index < -0.39 is 16.1 Å². The van der Waals surface area contributed by atoms with Crippen molar-refractivity contribution in [1.82, 2.24) is 10.2 Å². The topological polar surface area (TPSA) is 96.0 Å². The number of nitrogens with one attached hydrogen (secondary N) is 1. The fraction of sp³-hybridized carbons (Fsp3) is 0.391. The van der Waals surface area contributed by atoms with E-state index in [0.29, 0.717) is 30.9 Å². The second-order valence-electron chi connectivity index (χ2n) is 7.94. The Bertz CT molecular complexity index is 1050. The van der Waals surface area contributed by atoms with Crippen molar-refractivity contribution in [1.29, 1.82) is 0 Å². The third kappa shape index (κ3) is 6.23. The monoisotopic (exact) mass is 459 g/mol. The molecule has 172 valence electrons. The van der Waals surface area contributed by atoms with E-state index >= 15 is 0 Å². The van der Waals surface area contributed by atoms with Gasteiger partial charge in [0.1, 0.15) is 5.75 Å². The average molecular weight is 460 g/mol. The Morgan fingerprint density at radius 1 is 1.12 bits per heavy atom. The second-order valence-corrected chi connectivity index (χ2v) is 9.95. The summed E-state index contributed by atoms with van der Waals surface area (Å²) in [6, 6.07) is 14.3. The molecule has 8 nitrogen and oxygen atoms in total. The maximum absolute atomic E-state index is 12.4. The van der Waals surface area contributed by atoms with Crippen LogP contribution in [-0.2, 0) is 32.7 Å². The summed E-state index contributed by atoms with van der Waals surface area (Å²) in [4.78, 5) is 26.0. The van der Waals surface area contributed by atoms with Gasteiger partial charge in [-0.1, -0.05) is 24.3 Å². The highest BCUT2D eigenvalue weighted by atomic mass is 32.2. The molecule has 3 rings (SSSR count). The molecule has 2 amide bonds. The molecule has 1 fully saturated rings. The largest absolute Gasteiger partial charge is 0.481 e. The third-order valence-corrected chi connectivity index (χ3v) is 6.62. The molecule has 1 heterocycles. The van der Waals surface area contributed by atoms with Crippen LogP contribution in [0.4, 0.5) is 5.69 Å². The van der Waals surface area contributed by atoms with Crippen molar-refractivity contribution in [3.05, 3.63) is 59.7 Å². The number of hydrogen-bond acceptors (Lipinski definition) is 5. The summed E-state index contributed by atoms with van der Waals surface area (Å²) in [6.07, 6.45) is 1.97. The lowest BCUT2D eigenvalue weighted by Crippen LogP contribution is -2.35. The molecule has 1 unspecified atom stereocenters. The summed E-state index contributed by atoms with van der Waals surface area (Å²) in [5.74, 6) is 0.417. The number of likely N-dealkylation sites (tertiary alicyclic amines) is 1. The molecule has 9 heteroatoms. The fourth-order valence-corrected chi connectivity index (χ4v) is 3.88. The van der Waals surface area contributed by atoms with E-state index in [4.69, 9.17) is 4.74 Å². The molecular weight excluding hydrogens is 430 g/mol. The van der Waals surface area contributed by atoms with Gasteiger partial charge in [0.2, 0.25) is 15.9 Å². The predicted molar refractivity (Wildman–Crippen MR) is 123 cm³/mol. The van der Waals surface area contributed by atoms with Gasteiger partial charge in [-0.3, -0.25) is 13.9 Å². The van der Waals surface area contributed by atoms with Crippen LogP contribution in [0, 0.1) is 0 Å². The Morgan fingerprint density at radius 3 is 2.31 bits per heavy atom. The SMILES string of the molecule is CC(Oc1ccc(N(C)S(C)(=O)=O)cc1)C(=O)NCc1ccc(CN2CCCC2=O)cc1. The minimum absolute atomic E-state index is 0.201. The van der Waals surface area contributed by atoms with Crippen LogP contribution in [0.3, 0.4) is 0 Å². The maximum Gasteiger partial charge on any atom is 0.261 e. The molecule has 0 saturated carbocycles. The molecule has 1 aliphatic rings. The maximum atomic E-state index is 12.4. The molecule has 0 aromatic heterocycles. The Kier molecular flexibility index (Phi) is 7.40. The average Bonchev–Trinajstić information content (AvgIpc) is 3.16. The van der Waals surface area contributed by atoms with Crippen molar-refractivity contribution in [3.63, 3.8) is 0 Å². The first-order chi connectivity index (χ1) is 15.1. The van der Waals surface area contributed by atoms with Gasteiger partial charge in [0, 0.05) is 33.1 Å². The molecule has 0 spiro atoms. The number of carbonyl (C=O) groups is 2. The lowest BCUT2D eigenvalue weighted by atomic mass is 10.1. The third-order valence-electron chi connectivity index (χ3n) is 5.41. The molecule has 1 aliphatic heterocycles. The van der Waals surface area contributed by atoms with Gasteiger partial charge in [-0.05, 0) is 48.7 Å². The summed E-state index contributed by atoms with van der Waals surface area (Å²) in [7, 11) is -1.87. The van der Waals surface area contributed by atoms with Crippen molar-refractivity contribution in [2.45, 2.75) is 39.0 Å². The molecule has 0 radical (unpaired) electrons. The molecule has 2 aromatic rings. The van der Waals surface area contributed by atoms with Crippen LogP contribution >= 0.6 is 0 Å². The van der Waals surface area contributed by atoms with Crippen LogP contribution in [0.2, 0.25) is 0 Å². The summed E-state index contributed by atoms with van der Waals surface area (Å²) in [5, 5.41) is 2.85. The quantitative estimate of drug-likeness (QED) is 0.621. The van der Waals surface area contributed by atoms with E-state index in [1.54, 1.807) is 31.2 Å². The fourth-order valence-electron chi connectivity index (χ4n) is 3.37. The van der Waals surface area contributed by atoms with E-state index in [1.807, 2.05) is 29.2 Å². The highest BCUT2D eigenvalue weighted by Crippen LogP contribution is 2.21. The number of sulfonamides is 1. The lowest BCUT2D eigenvalue weighted by Gasteiger charge is -2.18. The summed E-state index contributed by atoms with van der Waals surface area (Å²) in [6.45, 7) is 3.45. The number of amides is 2. The first-order valence-electron chi connectivity index (χ1n) is 10.5. The first-order valence-corrected chi connectivity index (χ1v) is 12.3. The van der Waals surface area contributed by atoms with E-state index in [1.165, 1.54) is 11.4 Å². The lowest BCUT2D eigenvalue weighted by molar-refractivity contribution is -0.128. The zero-order chi connectivity index (χ0) is 23.3. The number of nitrogens with zero attached hydrogens (tertiary/aromatic N) is 2. The van der Waals surface area contributed by atoms with Crippen molar-refractivity contribution >= 4 is 27.5 Å². The Labute approximate surface area is 189 Å². The van der Waals surface area contributed by atoms with Gasteiger partial charge in [-0.15, -0.1) is 0 Å². The number of ether oxygens (including phenoxy) is 1. The highest BCUT2D eigenvalue weighted by molar-refractivity contribution is 7.92. The molecule has 1 saturated heterocycles. The van der Waals surface area contributed by atoms with Gasteiger partial charge < -0.3 is 15.0 Å². The summed E-state index contributed by atoms with van der Waals surface area (Å²) in [5.41, 5.74) is 2.53. The van der Waals surface area contributed by atoms with Crippen molar-refractivity contribution < 1.29 is 22.7 Å². The molecule has 1 N–H and O–H groups in total. The zero-order valence-electron chi connectivity index (χ0n) is 18.6. The molecule has 32 heavy (non-hydrogen) atoms. The summed E-state index contributed by atoms with van der Waals surface area (Å²) < 4.78 is 30.1. The first kappa shape index (κ1) is 23.6. The Balaban J connectivity index is 1.47. The van der Waals surface area contributed by atoms with E-state index in [2.05, 4.69) is 5.32 Å². The number of benzene rings is 2. The van der Waals surface area contributed by atoms with Crippen molar-refractivity contribution in [3.8, 4) is 5.75 Å². The van der Waals surface area contributed by atoms with E-state index in [0.717, 1.165) is 30.3 Å². The van der Waals surface area contributed by atoms with Crippen molar-refractivity contribution in [2.75, 3.05) is 24.2 Å². The van der Waals surface area contributed by atoms with Crippen LogP contribution in [0.25, 0.3) is 0 Å². The molecule has 1 atom stereocenters. The van der Waals surface area contributed by atoms with Gasteiger partial charge in [-0.2, -0.15) is 0 Å². The number of anilines is 1. The van der Waals surface area contributed by atoms with Gasteiger partial charge in [-0.25, -0.2) is 8.42 Å². The Morgan fingerprint density at radius 2 is 1.75 bits per heavy atom. The van der Waals surface area contributed by atoms with E-state index in [9.17, 15) is 18.0 Å². The van der Waals surface area contributed by atoms with Crippen LogP contribution in [0.1, 0.15) is 30.9 Å². The molecule has 0 bridgehead atoms. The minimum atomic E-state index is -3.34. The van der Waals surface area contributed by atoms with Gasteiger partial charge in [0.15, 0.2) is 6.10 Å². The van der Waals surface area contributed by atoms with Crippen LogP contribution in [-0.4, -0.2) is 51.1 Å². The smallest absolute Gasteiger partial charge is 0.261 e. The van der Waals surface area contributed by atoms with Gasteiger partial charge in [0.25, 0.3) is 5.91 Å². The van der Waals surface area contributed by atoms with Crippen molar-refractivity contribution in [2.24, 2.45) is 0 Å². The van der Waals surface area contributed by atoms with Crippen LogP contribution < -0.4 is 14.4 Å². The van der Waals surface area contributed by atoms with Gasteiger partial charge in [0.05, 0.1) is 11.9 Å². The van der Waals surface area contributed by atoms with E-state index in [-0.39, 0.29) is 11.8 Å². The minimum Gasteiger partial charge on any atom is -0.481 e. The van der Waals surface area contributed by atoms with Gasteiger partial charge >= 0.3 is 0 Å². The highest BCUT2D eigenvalue weighted by Gasteiger charge is 2.20. The Hall–Kier alpha value is -3.07. The van der Waals surface area contributed by atoms with Crippen LogP contribution in [0.15, 0.2) is 48.5 Å². The standard InChI is InChI=1S/C23H29N3O5S/c1-17(31-21-12-10-20(11-13-21)25(2)32(3,29)30)23(28)24-15-18-6-8-19(9-7-18)16-26-14-4-5-22(26)27/h6-13,17H,4-5,14-16H2,1-3H3,(H,24,28). The zero-order valence-corrected chi connectivity index (χ0v) is 19.4. The predicted octanol–water partition coefficient (Wildman–Crippen LogP) is 2.29. The second kappa shape index (κ2) is 10.0. The number of carbonyl (C=O) groups excluding carboxylic acids is 2. The molecule has 2 aromatic carbocycles. The molecule has 0 aliphatic carbocycles. The number of rotatable bonds is 9. The molecular formula is C23H29N3O5S. The summed E-state index contributed by atoms with van der Waals surface area (Å²) >= 11 is 0. The normalized spacial score (nSPS) is 14.8.